The monoisotopic (exact) mass is 245 g/mol. The lowest BCUT2D eigenvalue weighted by atomic mass is 10.00. The number of fused-ring (bicyclic) bond motifs is 1. The minimum Gasteiger partial charge on any atom is -0.396 e. The van der Waals surface area contributed by atoms with Gasteiger partial charge in [0.2, 0.25) is 0 Å². The molecule has 4 heteroatoms. The Kier molecular flexibility index (Phi) is 3.39. The van der Waals surface area contributed by atoms with E-state index in [0.29, 0.717) is 12.1 Å². The molecule has 2 aromatic rings. The summed E-state index contributed by atoms with van der Waals surface area (Å²) < 4.78 is 0. The zero-order chi connectivity index (χ0) is 13.2. The average Bonchev–Trinajstić information content (AvgIpc) is 2.33. The van der Waals surface area contributed by atoms with Gasteiger partial charge in [-0.05, 0) is 26.3 Å². The lowest BCUT2D eigenvalue weighted by Gasteiger charge is -2.28. The molecular weight excluding hydrogens is 226 g/mol. The van der Waals surface area contributed by atoms with Gasteiger partial charge < -0.3 is 16.2 Å². The van der Waals surface area contributed by atoms with Crippen molar-refractivity contribution in [2.45, 2.75) is 25.8 Å². The number of nitrogens with one attached hydrogen (secondary N) is 1. The summed E-state index contributed by atoms with van der Waals surface area (Å²) in [4.78, 5) is 4.30. The van der Waals surface area contributed by atoms with Gasteiger partial charge in [0.1, 0.15) is 0 Å². The molecule has 0 saturated heterocycles. The number of pyridine rings is 1. The van der Waals surface area contributed by atoms with Gasteiger partial charge in [-0.3, -0.25) is 4.98 Å². The Hall–Kier alpha value is -1.81. The van der Waals surface area contributed by atoms with Crippen molar-refractivity contribution < 1.29 is 5.11 Å². The van der Waals surface area contributed by atoms with Gasteiger partial charge in [-0.25, -0.2) is 0 Å². The second kappa shape index (κ2) is 4.82. The highest BCUT2D eigenvalue weighted by Crippen LogP contribution is 2.30. The Morgan fingerprint density at radius 2 is 2.06 bits per heavy atom. The highest BCUT2D eigenvalue weighted by Gasteiger charge is 2.19. The van der Waals surface area contributed by atoms with Crippen molar-refractivity contribution in [3.63, 3.8) is 0 Å². The van der Waals surface area contributed by atoms with Crippen LogP contribution >= 0.6 is 0 Å². The van der Waals surface area contributed by atoms with E-state index < -0.39 is 0 Å². The molecule has 0 amide bonds. The minimum atomic E-state index is -0.215. The average molecular weight is 245 g/mol. The van der Waals surface area contributed by atoms with Crippen molar-refractivity contribution in [1.29, 1.82) is 0 Å². The van der Waals surface area contributed by atoms with E-state index in [0.717, 1.165) is 16.6 Å². The molecule has 0 atom stereocenters. The van der Waals surface area contributed by atoms with Crippen LogP contribution in [0.1, 0.15) is 20.3 Å². The van der Waals surface area contributed by atoms with Crippen LogP contribution in [0.5, 0.6) is 0 Å². The Balaban J connectivity index is 2.46. The van der Waals surface area contributed by atoms with Crippen molar-refractivity contribution in [3.05, 3.63) is 30.5 Å². The van der Waals surface area contributed by atoms with Crippen molar-refractivity contribution in [2.24, 2.45) is 0 Å². The number of para-hydroxylation sites is 1. The molecule has 1 aromatic heterocycles. The van der Waals surface area contributed by atoms with Crippen molar-refractivity contribution >= 4 is 22.3 Å². The summed E-state index contributed by atoms with van der Waals surface area (Å²) in [6, 6.07) is 7.87. The van der Waals surface area contributed by atoms with Gasteiger partial charge in [0.05, 0.1) is 23.1 Å². The summed E-state index contributed by atoms with van der Waals surface area (Å²) >= 11 is 0. The van der Waals surface area contributed by atoms with Crippen molar-refractivity contribution in [3.8, 4) is 0 Å². The first kappa shape index (κ1) is 12.6. The molecule has 1 heterocycles. The number of rotatable bonds is 4. The summed E-state index contributed by atoms with van der Waals surface area (Å²) in [6.07, 6.45) is 2.32. The van der Waals surface area contributed by atoms with E-state index >= 15 is 0 Å². The van der Waals surface area contributed by atoms with Crippen LogP contribution < -0.4 is 11.1 Å². The molecule has 4 nitrogen and oxygen atoms in total. The third-order valence-electron chi connectivity index (χ3n) is 3.00. The predicted octanol–water partition coefficient (Wildman–Crippen LogP) is 2.39. The van der Waals surface area contributed by atoms with E-state index in [1.54, 1.807) is 6.20 Å². The van der Waals surface area contributed by atoms with Crippen LogP contribution in [-0.4, -0.2) is 22.2 Å². The summed E-state index contributed by atoms with van der Waals surface area (Å²) in [6.45, 7) is 4.22. The number of aliphatic hydroxyl groups is 1. The van der Waals surface area contributed by atoms with E-state index in [1.807, 2.05) is 38.1 Å². The van der Waals surface area contributed by atoms with Gasteiger partial charge >= 0.3 is 0 Å². The molecule has 0 fully saturated rings. The van der Waals surface area contributed by atoms with Crippen molar-refractivity contribution in [2.75, 3.05) is 17.7 Å². The summed E-state index contributed by atoms with van der Waals surface area (Å²) in [7, 11) is 0. The molecule has 0 aliphatic rings. The van der Waals surface area contributed by atoms with E-state index in [2.05, 4.69) is 10.3 Å². The summed E-state index contributed by atoms with van der Waals surface area (Å²) in [5.41, 5.74) is 8.21. The molecule has 0 aliphatic carbocycles. The van der Waals surface area contributed by atoms with Crippen LogP contribution in [0, 0.1) is 0 Å². The zero-order valence-corrected chi connectivity index (χ0v) is 10.8. The highest BCUT2D eigenvalue weighted by atomic mass is 16.3. The number of nitrogen functional groups attached to an aromatic ring is 1. The zero-order valence-electron chi connectivity index (χ0n) is 10.8. The molecule has 0 unspecified atom stereocenters. The van der Waals surface area contributed by atoms with Crippen LogP contribution in [0.25, 0.3) is 10.9 Å². The normalized spacial score (nSPS) is 11.7. The molecule has 4 N–H and O–H groups in total. The number of hydrogen-bond acceptors (Lipinski definition) is 4. The maximum Gasteiger partial charge on any atom is 0.0743 e. The molecule has 1 aromatic carbocycles. The fourth-order valence-electron chi connectivity index (χ4n) is 1.98. The van der Waals surface area contributed by atoms with Crippen LogP contribution in [0.3, 0.4) is 0 Å². The lowest BCUT2D eigenvalue weighted by molar-refractivity contribution is 0.261. The van der Waals surface area contributed by atoms with E-state index in [-0.39, 0.29) is 12.1 Å². The third kappa shape index (κ3) is 2.54. The molecular formula is C14H19N3O. The third-order valence-corrected chi connectivity index (χ3v) is 3.00. The molecule has 0 spiro atoms. The number of aromatic nitrogens is 1. The van der Waals surface area contributed by atoms with Crippen molar-refractivity contribution in [1.82, 2.24) is 4.98 Å². The van der Waals surface area contributed by atoms with Gasteiger partial charge in [-0.2, -0.15) is 0 Å². The number of hydrogen-bond donors (Lipinski definition) is 3. The topological polar surface area (TPSA) is 71.2 Å². The fraction of sp³-hybridized carbons (Fsp3) is 0.357. The molecule has 96 valence electrons. The molecule has 18 heavy (non-hydrogen) atoms. The van der Waals surface area contributed by atoms with Gasteiger partial charge in [-0.1, -0.05) is 18.2 Å². The number of aliphatic hydroxyl groups excluding tert-OH is 1. The summed E-state index contributed by atoms with van der Waals surface area (Å²) in [5, 5.41) is 13.5. The Bertz CT molecular complexity index is 552. The molecule has 0 radical (unpaired) electrons. The lowest BCUT2D eigenvalue weighted by Crippen LogP contribution is -2.32. The van der Waals surface area contributed by atoms with Crippen LogP contribution in [0.4, 0.5) is 11.4 Å². The first-order chi connectivity index (χ1) is 8.53. The molecule has 2 rings (SSSR count). The quantitative estimate of drug-likeness (QED) is 0.773. The SMILES string of the molecule is CC(C)(CCO)Nc1c(N)cnc2ccccc12. The van der Waals surface area contributed by atoms with Crippen LogP contribution in [0.15, 0.2) is 30.5 Å². The second-order valence-electron chi connectivity index (χ2n) is 5.09. The first-order valence-electron chi connectivity index (χ1n) is 6.06. The van der Waals surface area contributed by atoms with E-state index in [1.165, 1.54) is 0 Å². The molecule has 0 aliphatic heterocycles. The Morgan fingerprint density at radius 1 is 1.33 bits per heavy atom. The van der Waals surface area contributed by atoms with Gasteiger partial charge in [0, 0.05) is 17.5 Å². The van der Waals surface area contributed by atoms with E-state index in [9.17, 15) is 0 Å². The number of nitrogens with two attached hydrogens (primary N) is 1. The second-order valence-corrected chi connectivity index (χ2v) is 5.09. The van der Waals surface area contributed by atoms with E-state index in [4.69, 9.17) is 10.8 Å². The highest BCUT2D eigenvalue weighted by molar-refractivity contribution is 5.97. The first-order valence-corrected chi connectivity index (χ1v) is 6.06. The number of anilines is 2. The smallest absolute Gasteiger partial charge is 0.0743 e. The number of nitrogens with zero attached hydrogens (tertiary/aromatic N) is 1. The molecule has 0 saturated carbocycles. The number of benzene rings is 1. The maximum absolute atomic E-state index is 9.08. The van der Waals surface area contributed by atoms with Gasteiger partial charge in [0.25, 0.3) is 0 Å². The van der Waals surface area contributed by atoms with Gasteiger partial charge in [-0.15, -0.1) is 0 Å². The predicted molar refractivity (Wildman–Crippen MR) is 75.6 cm³/mol. The molecule has 0 bridgehead atoms. The maximum atomic E-state index is 9.08. The van der Waals surface area contributed by atoms with Crippen LogP contribution in [-0.2, 0) is 0 Å². The minimum absolute atomic E-state index is 0.142. The fourth-order valence-corrected chi connectivity index (χ4v) is 1.98. The van der Waals surface area contributed by atoms with Crippen LogP contribution in [0.2, 0.25) is 0 Å². The largest absolute Gasteiger partial charge is 0.396 e. The Morgan fingerprint density at radius 3 is 2.78 bits per heavy atom. The Labute approximate surface area is 107 Å². The van der Waals surface area contributed by atoms with Gasteiger partial charge in [0.15, 0.2) is 0 Å². The summed E-state index contributed by atoms with van der Waals surface area (Å²) in [5.74, 6) is 0. The standard InChI is InChI=1S/C14H19N3O/c1-14(2,7-8-18)17-13-10-5-3-4-6-12(10)16-9-11(13)15/h3-6,9,18H,7-8,15H2,1-2H3,(H,16,17).